The molecular formula is C13H20O4. The van der Waals surface area contributed by atoms with E-state index in [1.807, 2.05) is 12.1 Å². The number of hydrogen-bond acceptors (Lipinski definition) is 4. The maximum atomic E-state index is 9.42. The van der Waals surface area contributed by atoms with Crippen LogP contribution in [-0.2, 0) is 9.47 Å². The van der Waals surface area contributed by atoms with E-state index < -0.39 is 6.29 Å². The first kappa shape index (κ1) is 14.0. The van der Waals surface area contributed by atoms with Gasteiger partial charge in [0.2, 0.25) is 0 Å². The number of ether oxygens (including phenoxy) is 3. The molecule has 0 aromatic heterocycles. The molecule has 1 aromatic carbocycles. The van der Waals surface area contributed by atoms with E-state index in [1.165, 1.54) is 7.11 Å². The summed E-state index contributed by atoms with van der Waals surface area (Å²) in [4.78, 5) is 0. The van der Waals surface area contributed by atoms with E-state index in [9.17, 15) is 5.11 Å². The standard InChI is InChI=1S/C13H20O4/c1-15-9-3-4-10-17-12-7-5-11(6-8-12)13(14)16-2/h5-8,13-14H,3-4,9-10H2,1-2H3. The van der Waals surface area contributed by atoms with Gasteiger partial charge in [-0.05, 0) is 25.0 Å². The zero-order valence-electron chi connectivity index (χ0n) is 10.4. The van der Waals surface area contributed by atoms with Crippen LogP contribution < -0.4 is 4.74 Å². The molecule has 0 radical (unpaired) electrons. The maximum absolute atomic E-state index is 9.42. The summed E-state index contributed by atoms with van der Waals surface area (Å²) in [7, 11) is 3.16. The monoisotopic (exact) mass is 240 g/mol. The van der Waals surface area contributed by atoms with Crippen molar-refractivity contribution >= 4 is 0 Å². The number of unbranched alkanes of at least 4 members (excludes halogenated alkanes) is 1. The highest BCUT2D eigenvalue weighted by Crippen LogP contribution is 2.18. The minimum atomic E-state index is -0.870. The summed E-state index contributed by atoms with van der Waals surface area (Å²) in [5, 5.41) is 9.42. The zero-order chi connectivity index (χ0) is 12.5. The van der Waals surface area contributed by atoms with Gasteiger partial charge in [-0.2, -0.15) is 0 Å². The summed E-state index contributed by atoms with van der Waals surface area (Å²) in [6.45, 7) is 1.44. The summed E-state index contributed by atoms with van der Waals surface area (Å²) < 4.78 is 15.3. The minimum Gasteiger partial charge on any atom is -0.494 e. The predicted octanol–water partition coefficient (Wildman–Crippen LogP) is 2.13. The first-order valence-electron chi connectivity index (χ1n) is 5.70. The van der Waals surface area contributed by atoms with Crippen molar-refractivity contribution in [1.82, 2.24) is 0 Å². The van der Waals surface area contributed by atoms with Crippen LogP contribution in [0.25, 0.3) is 0 Å². The second-order valence-corrected chi connectivity index (χ2v) is 3.71. The molecule has 1 unspecified atom stereocenters. The fourth-order valence-corrected chi connectivity index (χ4v) is 1.40. The highest BCUT2D eigenvalue weighted by Gasteiger charge is 2.04. The number of hydrogen-bond donors (Lipinski definition) is 1. The molecule has 0 aliphatic rings. The number of methoxy groups -OCH3 is 2. The Morgan fingerprint density at radius 3 is 2.29 bits per heavy atom. The largest absolute Gasteiger partial charge is 0.494 e. The molecule has 4 heteroatoms. The molecule has 0 aliphatic heterocycles. The third-order valence-corrected chi connectivity index (χ3v) is 2.40. The number of rotatable bonds is 8. The van der Waals surface area contributed by atoms with Gasteiger partial charge in [0.25, 0.3) is 0 Å². The van der Waals surface area contributed by atoms with Gasteiger partial charge in [-0.1, -0.05) is 12.1 Å². The molecule has 0 heterocycles. The molecule has 0 aliphatic carbocycles. The Balaban J connectivity index is 2.30. The highest BCUT2D eigenvalue weighted by molar-refractivity contribution is 5.27. The molecule has 0 spiro atoms. The lowest BCUT2D eigenvalue weighted by Gasteiger charge is -2.10. The molecule has 96 valence electrons. The van der Waals surface area contributed by atoms with Gasteiger partial charge in [0.15, 0.2) is 6.29 Å². The lowest BCUT2D eigenvalue weighted by Crippen LogP contribution is -2.01. The van der Waals surface area contributed by atoms with E-state index in [2.05, 4.69) is 0 Å². The number of benzene rings is 1. The molecule has 4 nitrogen and oxygen atoms in total. The van der Waals surface area contributed by atoms with Gasteiger partial charge in [0.05, 0.1) is 6.61 Å². The molecule has 1 rings (SSSR count). The Labute approximate surface area is 102 Å². The molecule has 1 N–H and O–H groups in total. The van der Waals surface area contributed by atoms with Crippen LogP contribution in [0.1, 0.15) is 24.7 Å². The van der Waals surface area contributed by atoms with E-state index in [1.54, 1.807) is 19.2 Å². The SMILES string of the molecule is COCCCCOc1ccc(C(O)OC)cc1. The zero-order valence-corrected chi connectivity index (χ0v) is 10.4. The van der Waals surface area contributed by atoms with Gasteiger partial charge in [-0.15, -0.1) is 0 Å². The summed E-state index contributed by atoms with van der Waals surface area (Å²) >= 11 is 0. The van der Waals surface area contributed by atoms with Crippen molar-refractivity contribution in [2.75, 3.05) is 27.4 Å². The molecule has 0 saturated carbocycles. The van der Waals surface area contributed by atoms with Crippen LogP contribution in [0.2, 0.25) is 0 Å². The minimum absolute atomic E-state index is 0.676. The number of aliphatic hydroxyl groups excluding tert-OH is 1. The lowest BCUT2D eigenvalue weighted by atomic mass is 10.2. The smallest absolute Gasteiger partial charge is 0.180 e. The quantitative estimate of drug-likeness (QED) is 0.558. The highest BCUT2D eigenvalue weighted by atomic mass is 16.6. The maximum Gasteiger partial charge on any atom is 0.180 e. The summed E-state index contributed by atoms with van der Waals surface area (Å²) in [6.07, 6.45) is 1.10. The lowest BCUT2D eigenvalue weighted by molar-refractivity contribution is -0.0769. The van der Waals surface area contributed by atoms with Crippen LogP contribution >= 0.6 is 0 Å². The second-order valence-electron chi connectivity index (χ2n) is 3.71. The fourth-order valence-electron chi connectivity index (χ4n) is 1.40. The van der Waals surface area contributed by atoms with Crippen LogP contribution in [0, 0.1) is 0 Å². The second kappa shape index (κ2) is 8.06. The Morgan fingerprint density at radius 1 is 1.06 bits per heavy atom. The van der Waals surface area contributed by atoms with Gasteiger partial charge in [0, 0.05) is 26.4 Å². The van der Waals surface area contributed by atoms with Gasteiger partial charge in [-0.25, -0.2) is 0 Å². The van der Waals surface area contributed by atoms with E-state index >= 15 is 0 Å². The topological polar surface area (TPSA) is 47.9 Å². The molecule has 0 amide bonds. The van der Waals surface area contributed by atoms with Crippen molar-refractivity contribution in [2.45, 2.75) is 19.1 Å². The molecular weight excluding hydrogens is 220 g/mol. The van der Waals surface area contributed by atoms with Gasteiger partial charge >= 0.3 is 0 Å². The Kier molecular flexibility index (Phi) is 6.62. The van der Waals surface area contributed by atoms with Crippen LogP contribution in [0.4, 0.5) is 0 Å². The van der Waals surface area contributed by atoms with E-state index in [0.717, 1.165) is 30.8 Å². The van der Waals surface area contributed by atoms with Crippen molar-refractivity contribution in [3.8, 4) is 5.75 Å². The third-order valence-electron chi connectivity index (χ3n) is 2.40. The fraction of sp³-hybridized carbons (Fsp3) is 0.538. The molecule has 1 aromatic rings. The van der Waals surface area contributed by atoms with Crippen molar-refractivity contribution in [1.29, 1.82) is 0 Å². The van der Waals surface area contributed by atoms with Gasteiger partial charge in [0.1, 0.15) is 5.75 Å². The summed E-state index contributed by atoms with van der Waals surface area (Å²) in [6, 6.07) is 7.24. The Morgan fingerprint density at radius 2 is 1.71 bits per heavy atom. The first-order chi connectivity index (χ1) is 8.27. The van der Waals surface area contributed by atoms with E-state index in [-0.39, 0.29) is 0 Å². The first-order valence-corrected chi connectivity index (χ1v) is 5.70. The van der Waals surface area contributed by atoms with Crippen LogP contribution in [0.15, 0.2) is 24.3 Å². The van der Waals surface area contributed by atoms with Gasteiger partial charge < -0.3 is 19.3 Å². The van der Waals surface area contributed by atoms with Crippen LogP contribution in [0.5, 0.6) is 5.75 Å². The summed E-state index contributed by atoms with van der Waals surface area (Å²) in [5.74, 6) is 0.800. The third kappa shape index (κ3) is 5.17. The molecule has 0 fully saturated rings. The van der Waals surface area contributed by atoms with Crippen molar-refractivity contribution in [2.24, 2.45) is 0 Å². The Bertz CT molecular complexity index is 297. The van der Waals surface area contributed by atoms with Crippen molar-refractivity contribution in [3.05, 3.63) is 29.8 Å². The molecule has 17 heavy (non-hydrogen) atoms. The van der Waals surface area contributed by atoms with Crippen LogP contribution in [0.3, 0.4) is 0 Å². The number of aliphatic hydroxyl groups is 1. The molecule has 1 atom stereocenters. The Hall–Kier alpha value is -1.10. The molecule has 0 saturated heterocycles. The molecule has 0 bridgehead atoms. The van der Waals surface area contributed by atoms with E-state index in [0.29, 0.717) is 6.61 Å². The predicted molar refractivity (Wildman–Crippen MR) is 65.0 cm³/mol. The van der Waals surface area contributed by atoms with Crippen LogP contribution in [-0.4, -0.2) is 32.5 Å². The van der Waals surface area contributed by atoms with Crippen molar-refractivity contribution in [3.63, 3.8) is 0 Å². The van der Waals surface area contributed by atoms with Gasteiger partial charge in [-0.3, -0.25) is 0 Å². The average molecular weight is 240 g/mol. The average Bonchev–Trinajstić information content (AvgIpc) is 2.38. The summed E-state index contributed by atoms with van der Waals surface area (Å²) in [5.41, 5.74) is 0.722. The van der Waals surface area contributed by atoms with E-state index in [4.69, 9.17) is 14.2 Å². The van der Waals surface area contributed by atoms with Crippen molar-refractivity contribution < 1.29 is 19.3 Å². The normalized spacial score (nSPS) is 12.4.